The van der Waals surface area contributed by atoms with Gasteiger partial charge in [0.05, 0.1) is 6.54 Å². The summed E-state index contributed by atoms with van der Waals surface area (Å²) in [5.74, 6) is 0.187. The summed E-state index contributed by atoms with van der Waals surface area (Å²) in [6.07, 6.45) is 3.19. The van der Waals surface area contributed by atoms with E-state index < -0.39 is 0 Å². The molecule has 1 N–H and O–H groups in total. The largest absolute Gasteiger partial charge is 0.376 e. The summed E-state index contributed by atoms with van der Waals surface area (Å²) in [4.78, 5) is 14.3. The van der Waals surface area contributed by atoms with E-state index in [1.807, 2.05) is 35.2 Å². The van der Waals surface area contributed by atoms with Crippen LogP contribution in [0.5, 0.6) is 0 Å². The topological polar surface area (TPSA) is 32.3 Å². The maximum absolute atomic E-state index is 12.3. The van der Waals surface area contributed by atoms with Crippen LogP contribution in [-0.4, -0.2) is 29.9 Å². The molecule has 1 aromatic rings. The highest BCUT2D eigenvalue weighted by molar-refractivity contribution is 5.81. The molecule has 1 amide bonds. The number of hydrogen-bond acceptors (Lipinski definition) is 2. The number of unbranched alkanes of at least 4 members (excludes halogenated alkanes) is 1. The van der Waals surface area contributed by atoms with E-state index in [2.05, 4.69) is 26.1 Å². The van der Waals surface area contributed by atoms with Crippen LogP contribution < -0.4 is 5.32 Å². The standard InChI is InChI=1S/C16H26N2O/c1-4-6-12-18(14(3)5-2)16(19)13-17-15-10-8-7-9-11-15/h7-11,14,17H,4-6,12-13H2,1-3H3. The van der Waals surface area contributed by atoms with E-state index >= 15 is 0 Å². The molecular weight excluding hydrogens is 236 g/mol. The maximum atomic E-state index is 12.3. The molecule has 3 heteroatoms. The molecule has 0 fully saturated rings. The van der Waals surface area contributed by atoms with Gasteiger partial charge >= 0.3 is 0 Å². The molecule has 1 rings (SSSR count). The lowest BCUT2D eigenvalue weighted by Crippen LogP contribution is -2.42. The highest BCUT2D eigenvalue weighted by atomic mass is 16.2. The van der Waals surface area contributed by atoms with Crippen molar-refractivity contribution in [2.24, 2.45) is 0 Å². The summed E-state index contributed by atoms with van der Waals surface area (Å²) in [6.45, 7) is 7.64. The molecule has 0 radical (unpaired) electrons. The molecule has 106 valence electrons. The fourth-order valence-corrected chi connectivity index (χ4v) is 1.97. The van der Waals surface area contributed by atoms with Gasteiger partial charge in [0, 0.05) is 18.3 Å². The van der Waals surface area contributed by atoms with Crippen molar-refractivity contribution in [2.45, 2.75) is 46.1 Å². The summed E-state index contributed by atoms with van der Waals surface area (Å²) < 4.78 is 0. The zero-order valence-corrected chi connectivity index (χ0v) is 12.4. The lowest BCUT2D eigenvalue weighted by atomic mass is 10.2. The summed E-state index contributed by atoms with van der Waals surface area (Å²) in [6, 6.07) is 10.2. The fourth-order valence-electron chi connectivity index (χ4n) is 1.97. The monoisotopic (exact) mass is 262 g/mol. The molecule has 1 aromatic carbocycles. The van der Waals surface area contributed by atoms with Crippen LogP contribution in [0.1, 0.15) is 40.0 Å². The number of nitrogens with one attached hydrogen (secondary N) is 1. The Morgan fingerprint density at radius 1 is 1.26 bits per heavy atom. The minimum atomic E-state index is 0.187. The van der Waals surface area contributed by atoms with E-state index in [-0.39, 0.29) is 5.91 Å². The predicted molar refractivity (Wildman–Crippen MR) is 81.3 cm³/mol. The molecule has 0 aromatic heterocycles. The van der Waals surface area contributed by atoms with Crippen molar-refractivity contribution >= 4 is 11.6 Å². The summed E-state index contributed by atoms with van der Waals surface area (Å²) in [7, 11) is 0. The molecule has 1 unspecified atom stereocenters. The third-order valence-corrected chi connectivity index (χ3v) is 3.41. The van der Waals surface area contributed by atoms with Crippen molar-refractivity contribution in [3.63, 3.8) is 0 Å². The lowest BCUT2D eigenvalue weighted by molar-refractivity contribution is -0.131. The van der Waals surface area contributed by atoms with E-state index in [1.165, 1.54) is 0 Å². The molecule has 0 heterocycles. The molecular formula is C16H26N2O. The van der Waals surface area contributed by atoms with Crippen LogP contribution in [0, 0.1) is 0 Å². The number of benzene rings is 1. The lowest BCUT2D eigenvalue weighted by Gasteiger charge is -2.29. The van der Waals surface area contributed by atoms with Gasteiger partial charge in [0.15, 0.2) is 0 Å². The van der Waals surface area contributed by atoms with Crippen LogP contribution in [0.25, 0.3) is 0 Å². The Morgan fingerprint density at radius 3 is 2.53 bits per heavy atom. The van der Waals surface area contributed by atoms with Crippen molar-refractivity contribution in [1.29, 1.82) is 0 Å². The van der Waals surface area contributed by atoms with Crippen LogP contribution in [-0.2, 0) is 4.79 Å². The number of amides is 1. The molecule has 19 heavy (non-hydrogen) atoms. The molecule has 0 aliphatic heterocycles. The van der Waals surface area contributed by atoms with Crippen LogP contribution in [0.4, 0.5) is 5.69 Å². The Bertz CT molecular complexity index is 364. The molecule has 0 aliphatic carbocycles. The third kappa shape index (κ3) is 5.33. The van der Waals surface area contributed by atoms with E-state index in [0.717, 1.165) is 31.5 Å². The van der Waals surface area contributed by atoms with Crippen molar-refractivity contribution < 1.29 is 4.79 Å². The van der Waals surface area contributed by atoms with Crippen molar-refractivity contribution in [1.82, 2.24) is 4.90 Å². The molecule has 0 saturated heterocycles. The number of carbonyl (C=O) groups excluding carboxylic acids is 1. The highest BCUT2D eigenvalue weighted by Crippen LogP contribution is 2.08. The number of hydrogen-bond donors (Lipinski definition) is 1. The van der Waals surface area contributed by atoms with Crippen molar-refractivity contribution in [2.75, 3.05) is 18.4 Å². The van der Waals surface area contributed by atoms with Gasteiger partial charge in [-0.05, 0) is 31.9 Å². The first-order chi connectivity index (χ1) is 9.19. The average Bonchev–Trinajstić information content (AvgIpc) is 2.46. The first-order valence-corrected chi connectivity index (χ1v) is 7.27. The van der Waals surface area contributed by atoms with Gasteiger partial charge < -0.3 is 10.2 Å². The number of anilines is 1. The zero-order chi connectivity index (χ0) is 14.1. The molecule has 0 aliphatic rings. The molecule has 0 bridgehead atoms. The smallest absolute Gasteiger partial charge is 0.242 e. The van der Waals surface area contributed by atoms with Gasteiger partial charge in [-0.25, -0.2) is 0 Å². The molecule has 0 saturated carbocycles. The maximum Gasteiger partial charge on any atom is 0.242 e. The Hall–Kier alpha value is -1.51. The second-order valence-corrected chi connectivity index (χ2v) is 4.92. The van der Waals surface area contributed by atoms with Gasteiger partial charge in [0.25, 0.3) is 0 Å². The summed E-state index contributed by atoms with van der Waals surface area (Å²) in [5.41, 5.74) is 0.996. The number of rotatable bonds is 8. The Balaban J connectivity index is 2.51. The van der Waals surface area contributed by atoms with Crippen LogP contribution in [0.15, 0.2) is 30.3 Å². The number of nitrogens with zero attached hydrogens (tertiary/aromatic N) is 1. The van der Waals surface area contributed by atoms with E-state index in [4.69, 9.17) is 0 Å². The SMILES string of the molecule is CCCCN(C(=O)CNc1ccccc1)C(C)CC. The normalized spacial score (nSPS) is 11.9. The van der Waals surface area contributed by atoms with E-state index in [9.17, 15) is 4.79 Å². The third-order valence-electron chi connectivity index (χ3n) is 3.41. The Labute approximate surface area is 117 Å². The van der Waals surface area contributed by atoms with Crippen LogP contribution in [0.2, 0.25) is 0 Å². The van der Waals surface area contributed by atoms with Gasteiger partial charge in [0.1, 0.15) is 0 Å². The highest BCUT2D eigenvalue weighted by Gasteiger charge is 2.17. The van der Waals surface area contributed by atoms with Crippen molar-refractivity contribution in [3.8, 4) is 0 Å². The quantitative estimate of drug-likeness (QED) is 0.777. The molecule has 1 atom stereocenters. The minimum absolute atomic E-state index is 0.187. The number of para-hydroxylation sites is 1. The Morgan fingerprint density at radius 2 is 1.95 bits per heavy atom. The zero-order valence-electron chi connectivity index (χ0n) is 12.4. The van der Waals surface area contributed by atoms with E-state index in [0.29, 0.717) is 12.6 Å². The van der Waals surface area contributed by atoms with Gasteiger partial charge in [0.2, 0.25) is 5.91 Å². The fraction of sp³-hybridized carbons (Fsp3) is 0.562. The minimum Gasteiger partial charge on any atom is -0.376 e. The average molecular weight is 262 g/mol. The molecule has 0 spiro atoms. The van der Waals surface area contributed by atoms with Gasteiger partial charge in [-0.3, -0.25) is 4.79 Å². The van der Waals surface area contributed by atoms with Gasteiger partial charge in [-0.1, -0.05) is 38.5 Å². The van der Waals surface area contributed by atoms with Gasteiger partial charge in [-0.15, -0.1) is 0 Å². The second kappa shape index (κ2) is 8.57. The van der Waals surface area contributed by atoms with Gasteiger partial charge in [-0.2, -0.15) is 0 Å². The predicted octanol–water partition coefficient (Wildman–Crippen LogP) is 3.53. The van der Waals surface area contributed by atoms with E-state index in [1.54, 1.807) is 0 Å². The van der Waals surface area contributed by atoms with Crippen LogP contribution >= 0.6 is 0 Å². The summed E-state index contributed by atoms with van der Waals surface area (Å²) in [5, 5.41) is 3.19. The number of carbonyl (C=O) groups is 1. The first-order valence-electron chi connectivity index (χ1n) is 7.27. The Kier molecular flexibility index (Phi) is 7.01. The first kappa shape index (κ1) is 15.5. The summed E-state index contributed by atoms with van der Waals surface area (Å²) >= 11 is 0. The van der Waals surface area contributed by atoms with Crippen molar-refractivity contribution in [3.05, 3.63) is 30.3 Å². The van der Waals surface area contributed by atoms with Crippen LogP contribution in [0.3, 0.4) is 0 Å². The molecule has 3 nitrogen and oxygen atoms in total. The second-order valence-electron chi connectivity index (χ2n) is 4.92.